The van der Waals surface area contributed by atoms with Crippen LogP contribution in [0.2, 0.25) is 0 Å². The van der Waals surface area contributed by atoms with E-state index in [1.165, 1.54) is 28.7 Å². The summed E-state index contributed by atoms with van der Waals surface area (Å²) in [5.41, 5.74) is 2.52. The van der Waals surface area contributed by atoms with E-state index in [1.54, 1.807) is 20.5 Å². The molecule has 0 saturated heterocycles. The Balaban J connectivity index is 1.73. The van der Waals surface area contributed by atoms with Crippen molar-refractivity contribution in [3.63, 3.8) is 0 Å². The third-order valence-electron chi connectivity index (χ3n) is 4.73. The number of anilines is 1. The Morgan fingerprint density at radius 3 is 2.84 bits per heavy atom. The highest BCUT2D eigenvalue weighted by Crippen LogP contribution is 2.40. The van der Waals surface area contributed by atoms with Gasteiger partial charge in [-0.3, -0.25) is 0 Å². The van der Waals surface area contributed by atoms with Gasteiger partial charge in [0, 0.05) is 24.0 Å². The van der Waals surface area contributed by atoms with Gasteiger partial charge in [-0.1, -0.05) is 12.1 Å². The lowest BCUT2D eigenvalue weighted by atomic mass is 10.1. The zero-order valence-electron chi connectivity index (χ0n) is 14.7. The van der Waals surface area contributed by atoms with Gasteiger partial charge < -0.3 is 14.4 Å². The van der Waals surface area contributed by atoms with Gasteiger partial charge in [0.05, 0.1) is 19.6 Å². The van der Waals surface area contributed by atoms with Crippen molar-refractivity contribution in [2.24, 2.45) is 0 Å². The first kappa shape index (κ1) is 16.1. The lowest BCUT2D eigenvalue weighted by Crippen LogP contribution is -2.19. The fourth-order valence-electron chi connectivity index (χ4n) is 3.61. The van der Waals surface area contributed by atoms with Crippen molar-refractivity contribution in [1.82, 2.24) is 9.97 Å². The Kier molecular flexibility index (Phi) is 4.21. The van der Waals surface area contributed by atoms with Crippen LogP contribution in [-0.4, -0.2) is 31.2 Å². The first-order valence-electron chi connectivity index (χ1n) is 8.39. The topological polar surface area (TPSA) is 47.5 Å². The summed E-state index contributed by atoms with van der Waals surface area (Å²) in [5, 5.41) is 1.23. The molecule has 130 valence electrons. The van der Waals surface area contributed by atoms with Gasteiger partial charge in [-0.15, -0.1) is 11.3 Å². The second-order valence-electron chi connectivity index (χ2n) is 6.24. The van der Waals surface area contributed by atoms with Crippen LogP contribution in [0.25, 0.3) is 10.2 Å². The monoisotopic (exact) mass is 355 g/mol. The van der Waals surface area contributed by atoms with Crippen LogP contribution >= 0.6 is 11.3 Å². The molecular formula is C19H21N3O2S. The summed E-state index contributed by atoms with van der Waals surface area (Å²) in [6, 6.07) is 5.97. The summed E-state index contributed by atoms with van der Waals surface area (Å²) in [6.45, 7) is 0.692. The molecule has 0 atom stereocenters. The second kappa shape index (κ2) is 6.52. The number of nitrogens with zero attached hydrogens (tertiary/aromatic N) is 3. The molecule has 1 aromatic carbocycles. The van der Waals surface area contributed by atoms with Crippen LogP contribution < -0.4 is 14.4 Å². The molecule has 3 aromatic rings. The predicted octanol–water partition coefficient (Wildman–Crippen LogP) is 3.83. The molecule has 6 heteroatoms. The molecule has 0 radical (unpaired) electrons. The molecule has 4 rings (SSSR count). The molecule has 5 nitrogen and oxygen atoms in total. The maximum Gasteiger partial charge on any atom is 0.165 e. The highest BCUT2D eigenvalue weighted by Gasteiger charge is 2.23. The number of benzene rings is 1. The number of fused-ring (bicyclic) bond motifs is 3. The summed E-state index contributed by atoms with van der Waals surface area (Å²) >= 11 is 1.82. The Labute approximate surface area is 151 Å². The molecule has 0 amide bonds. The largest absolute Gasteiger partial charge is 0.493 e. The van der Waals surface area contributed by atoms with Crippen molar-refractivity contribution in [2.45, 2.75) is 25.8 Å². The average Bonchev–Trinajstić information content (AvgIpc) is 3.21. The fourth-order valence-corrected chi connectivity index (χ4v) is 4.83. The van der Waals surface area contributed by atoms with Crippen LogP contribution in [0.3, 0.4) is 0 Å². The lowest BCUT2D eigenvalue weighted by molar-refractivity contribution is 0.351. The highest BCUT2D eigenvalue weighted by atomic mass is 32.1. The molecule has 25 heavy (non-hydrogen) atoms. The van der Waals surface area contributed by atoms with E-state index in [9.17, 15) is 0 Å². The van der Waals surface area contributed by atoms with E-state index in [1.807, 2.05) is 23.5 Å². The minimum atomic E-state index is 0.692. The number of hydrogen-bond acceptors (Lipinski definition) is 6. The van der Waals surface area contributed by atoms with Crippen molar-refractivity contribution in [3.05, 3.63) is 40.5 Å². The summed E-state index contributed by atoms with van der Waals surface area (Å²) in [6.07, 6.45) is 5.21. The Bertz CT molecular complexity index is 922. The first-order chi connectivity index (χ1) is 12.2. The van der Waals surface area contributed by atoms with E-state index in [-0.39, 0.29) is 0 Å². The van der Waals surface area contributed by atoms with Crippen molar-refractivity contribution in [2.75, 3.05) is 26.2 Å². The number of hydrogen-bond donors (Lipinski definition) is 0. The molecule has 0 bridgehead atoms. The van der Waals surface area contributed by atoms with Crippen LogP contribution in [0.4, 0.5) is 5.82 Å². The molecule has 0 spiro atoms. The zero-order chi connectivity index (χ0) is 17.4. The molecular weight excluding hydrogens is 334 g/mol. The molecule has 2 heterocycles. The molecule has 0 aliphatic heterocycles. The quantitative estimate of drug-likeness (QED) is 0.696. The SMILES string of the molecule is COc1cccc(CN(C)c2ncnc3sc4c(c23)CCC4)c1OC. The normalized spacial score (nSPS) is 13.1. The van der Waals surface area contributed by atoms with E-state index in [2.05, 4.69) is 28.0 Å². The first-order valence-corrected chi connectivity index (χ1v) is 9.20. The van der Waals surface area contributed by atoms with Gasteiger partial charge >= 0.3 is 0 Å². The van der Waals surface area contributed by atoms with Crippen LogP contribution in [0.1, 0.15) is 22.4 Å². The highest BCUT2D eigenvalue weighted by molar-refractivity contribution is 7.19. The van der Waals surface area contributed by atoms with Crippen LogP contribution in [0.5, 0.6) is 11.5 Å². The van der Waals surface area contributed by atoms with Gasteiger partial charge in [-0.2, -0.15) is 0 Å². The van der Waals surface area contributed by atoms with Crippen molar-refractivity contribution in [3.8, 4) is 11.5 Å². The van der Waals surface area contributed by atoms with Crippen LogP contribution in [0.15, 0.2) is 24.5 Å². The van der Waals surface area contributed by atoms with Crippen molar-refractivity contribution >= 4 is 27.4 Å². The average molecular weight is 355 g/mol. The second-order valence-corrected chi connectivity index (χ2v) is 7.33. The number of para-hydroxylation sites is 1. The lowest BCUT2D eigenvalue weighted by Gasteiger charge is -2.21. The summed E-state index contributed by atoms with van der Waals surface area (Å²) in [5.74, 6) is 2.52. The minimum absolute atomic E-state index is 0.692. The molecule has 0 unspecified atom stereocenters. The van der Waals surface area contributed by atoms with Crippen LogP contribution in [-0.2, 0) is 19.4 Å². The number of ether oxygens (including phenoxy) is 2. The zero-order valence-corrected chi connectivity index (χ0v) is 15.5. The maximum atomic E-state index is 5.57. The van der Waals surface area contributed by atoms with Crippen molar-refractivity contribution in [1.29, 1.82) is 0 Å². The van der Waals surface area contributed by atoms with Gasteiger partial charge in [0.15, 0.2) is 11.5 Å². The van der Waals surface area contributed by atoms with Gasteiger partial charge in [-0.25, -0.2) is 9.97 Å². The standard InChI is InChI=1S/C19H21N3O2S/c1-22(10-12-6-4-8-14(23-2)17(12)24-3)18-16-13-7-5-9-15(13)25-19(16)21-11-20-18/h4,6,8,11H,5,7,9-10H2,1-3H3. The number of methoxy groups -OCH3 is 2. The summed E-state index contributed by atoms with van der Waals surface area (Å²) < 4.78 is 11.0. The third-order valence-corrected chi connectivity index (χ3v) is 5.93. The molecule has 1 aliphatic carbocycles. The Morgan fingerprint density at radius 2 is 2.04 bits per heavy atom. The molecule has 0 N–H and O–H groups in total. The third kappa shape index (κ3) is 2.70. The van der Waals surface area contributed by atoms with E-state index < -0.39 is 0 Å². The van der Waals surface area contributed by atoms with Crippen molar-refractivity contribution < 1.29 is 9.47 Å². The van der Waals surface area contributed by atoms with Crippen LogP contribution in [0, 0.1) is 0 Å². The van der Waals surface area contributed by atoms with Gasteiger partial charge in [0.25, 0.3) is 0 Å². The Hall–Kier alpha value is -2.34. The van der Waals surface area contributed by atoms with Gasteiger partial charge in [-0.05, 0) is 30.9 Å². The summed E-state index contributed by atoms with van der Waals surface area (Å²) in [4.78, 5) is 13.8. The Morgan fingerprint density at radius 1 is 1.16 bits per heavy atom. The predicted molar refractivity (Wildman–Crippen MR) is 101 cm³/mol. The maximum absolute atomic E-state index is 5.57. The van der Waals surface area contributed by atoms with Gasteiger partial charge in [0.1, 0.15) is 17.0 Å². The van der Waals surface area contributed by atoms with E-state index >= 15 is 0 Å². The minimum Gasteiger partial charge on any atom is -0.493 e. The van der Waals surface area contributed by atoms with E-state index in [0.29, 0.717) is 6.54 Å². The smallest absolute Gasteiger partial charge is 0.165 e. The van der Waals surface area contributed by atoms with E-state index in [4.69, 9.17) is 9.47 Å². The summed E-state index contributed by atoms with van der Waals surface area (Å²) in [7, 11) is 5.41. The number of aryl methyl sites for hydroxylation is 2. The molecule has 0 saturated carbocycles. The molecule has 1 aliphatic rings. The van der Waals surface area contributed by atoms with Gasteiger partial charge in [0.2, 0.25) is 0 Å². The number of rotatable bonds is 5. The fraction of sp³-hybridized carbons (Fsp3) is 0.368. The molecule has 2 aromatic heterocycles. The number of aromatic nitrogens is 2. The molecule has 0 fully saturated rings. The number of thiophene rings is 1. The van der Waals surface area contributed by atoms with E-state index in [0.717, 1.165) is 34.1 Å².